The molecule has 5 rings (SSSR count). The number of aryl methyl sites for hydroxylation is 1. The fourth-order valence-corrected chi connectivity index (χ4v) is 4.40. The smallest absolute Gasteiger partial charge is 0.259 e. The Morgan fingerprint density at radius 3 is 2.45 bits per heavy atom. The Morgan fingerprint density at radius 2 is 1.73 bits per heavy atom. The molecule has 1 fully saturated rings. The van der Waals surface area contributed by atoms with Gasteiger partial charge in [0.25, 0.3) is 5.91 Å². The molecular weight excluding hydrogens is 423 g/mol. The molecule has 2 atom stereocenters. The molecule has 4 aromatic rings. The minimum Gasteiger partial charge on any atom is -0.352 e. The van der Waals surface area contributed by atoms with E-state index in [2.05, 4.69) is 56.1 Å². The SMILES string of the molecule is C[C@H]1CN(c2ncc(C(=O)Nc3cc(F)c4nn(C)cc4c3)c3nccnc23)C[C@H](C)N1C. The van der Waals surface area contributed by atoms with Gasteiger partial charge in [0.15, 0.2) is 11.6 Å². The Balaban J connectivity index is 1.49. The number of piperazine rings is 1. The number of likely N-dealkylation sites (N-methyl/N-ethyl adjacent to an activating group) is 1. The fraction of sp³-hybridized carbons (Fsp3) is 0.348. The Bertz CT molecular complexity index is 1360. The van der Waals surface area contributed by atoms with Gasteiger partial charge in [-0.05, 0) is 33.0 Å². The van der Waals surface area contributed by atoms with Crippen LogP contribution >= 0.6 is 0 Å². The van der Waals surface area contributed by atoms with Gasteiger partial charge in [0.1, 0.15) is 16.6 Å². The van der Waals surface area contributed by atoms with Gasteiger partial charge in [-0.1, -0.05) is 0 Å². The quantitative estimate of drug-likeness (QED) is 0.515. The number of rotatable bonds is 3. The highest BCUT2D eigenvalue weighted by Crippen LogP contribution is 2.28. The van der Waals surface area contributed by atoms with Gasteiger partial charge in [-0.25, -0.2) is 14.4 Å². The average Bonchev–Trinajstić information content (AvgIpc) is 3.17. The number of nitrogens with one attached hydrogen (secondary N) is 1. The summed E-state index contributed by atoms with van der Waals surface area (Å²) in [6, 6.07) is 3.65. The lowest BCUT2D eigenvalue weighted by atomic mass is 10.1. The van der Waals surface area contributed by atoms with Gasteiger partial charge in [0.05, 0.1) is 5.56 Å². The predicted molar refractivity (Wildman–Crippen MR) is 125 cm³/mol. The molecular formula is C23H25FN8O. The van der Waals surface area contributed by atoms with Gasteiger partial charge in [-0.3, -0.25) is 19.4 Å². The number of carbonyl (C=O) groups excluding carboxylic acids is 1. The topological polar surface area (TPSA) is 92.1 Å². The summed E-state index contributed by atoms with van der Waals surface area (Å²) < 4.78 is 16.0. The first-order valence-corrected chi connectivity index (χ1v) is 10.8. The number of aromatic nitrogens is 5. The van der Waals surface area contributed by atoms with Crippen LogP contribution in [-0.2, 0) is 7.05 Å². The van der Waals surface area contributed by atoms with Gasteiger partial charge < -0.3 is 10.2 Å². The standard InChI is InChI=1S/C23H25FN8O/c1-13-10-32(11-14(2)31(13)4)22-21-20(25-5-6-26-21)17(9-27-22)23(33)28-16-7-15-12-30(3)29-19(15)18(24)8-16/h5-9,12-14H,10-11H2,1-4H3,(H,28,33)/t13-,14-/m0/s1. The molecule has 1 aliphatic rings. The molecule has 0 bridgehead atoms. The van der Waals surface area contributed by atoms with Crippen molar-refractivity contribution in [1.29, 1.82) is 0 Å². The Morgan fingerprint density at radius 1 is 1.03 bits per heavy atom. The van der Waals surface area contributed by atoms with E-state index >= 15 is 0 Å². The summed E-state index contributed by atoms with van der Waals surface area (Å²) >= 11 is 0. The summed E-state index contributed by atoms with van der Waals surface area (Å²) in [5, 5.41) is 7.46. The third-order valence-corrected chi connectivity index (χ3v) is 6.32. The van der Waals surface area contributed by atoms with Crippen LogP contribution in [-0.4, -0.2) is 67.8 Å². The number of halogens is 1. The van der Waals surface area contributed by atoms with Crippen molar-refractivity contribution in [3.8, 4) is 0 Å². The number of hydrogen-bond acceptors (Lipinski definition) is 7. The van der Waals surface area contributed by atoms with Crippen molar-refractivity contribution in [2.75, 3.05) is 30.4 Å². The molecule has 0 spiro atoms. The normalized spacial score (nSPS) is 19.4. The first-order valence-electron chi connectivity index (χ1n) is 10.8. The van der Waals surface area contributed by atoms with E-state index in [1.807, 2.05) is 0 Å². The van der Waals surface area contributed by atoms with Gasteiger partial charge in [0, 0.05) is 68.1 Å². The lowest BCUT2D eigenvalue weighted by molar-refractivity contribution is 0.102. The van der Waals surface area contributed by atoms with Crippen LogP contribution in [0.25, 0.3) is 21.9 Å². The maximum atomic E-state index is 14.4. The van der Waals surface area contributed by atoms with Crippen LogP contribution in [0.3, 0.4) is 0 Å². The number of pyridine rings is 1. The Kier molecular flexibility index (Phi) is 5.16. The highest BCUT2D eigenvalue weighted by Gasteiger charge is 2.29. The van der Waals surface area contributed by atoms with E-state index in [0.29, 0.717) is 40.0 Å². The second-order valence-electron chi connectivity index (χ2n) is 8.67. The van der Waals surface area contributed by atoms with Crippen LogP contribution in [0.2, 0.25) is 0 Å². The Labute approximate surface area is 190 Å². The molecule has 9 nitrogen and oxygen atoms in total. The number of nitrogens with zero attached hydrogens (tertiary/aromatic N) is 7. The maximum Gasteiger partial charge on any atom is 0.259 e. The molecule has 0 saturated carbocycles. The summed E-state index contributed by atoms with van der Waals surface area (Å²) in [6.45, 7) is 5.96. The highest BCUT2D eigenvalue weighted by molar-refractivity contribution is 6.12. The van der Waals surface area contributed by atoms with E-state index in [9.17, 15) is 9.18 Å². The van der Waals surface area contributed by atoms with E-state index in [0.717, 1.165) is 13.1 Å². The molecule has 0 unspecified atom stereocenters. The molecule has 1 N–H and O–H groups in total. The second-order valence-corrected chi connectivity index (χ2v) is 8.67. The Hall–Kier alpha value is -3.66. The van der Waals surface area contributed by atoms with Crippen LogP contribution in [0.15, 0.2) is 36.9 Å². The van der Waals surface area contributed by atoms with E-state index in [1.54, 1.807) is 31.7 Å². The molecule has 3 aromatic heterocycles. The second kappa shape index (κ2) is 8.04. The average molecular weight is 449 g/mol. The lowest BCUT2D eigenvalue weighted by Gasteiger charge is -2.43. The molecule has 0 aliphatic carbocycles. The summed E-state index contributed by atoms with van der Waals surface area (Å²) in [6.07, 6.45) is 6.38. The van der Waals surface area contributed by atoms with Crippen molar-refractivity contribution in [1.82, 2.24) is 29.6 Å². The van der Waals surface area contributed by atoms with Crippen LogP contribution < -0.4 is 10.2 Å². The van der Waals surface area contributed by atoms with Gasteiger partial charge in [-0.2, -0.15) is 5.10 Å². The minimum absolute atomic E-state index is 0.258. The maximum absolute atomic E-state index is 14.4. The predicted octanol–water partition coefficient (Wildman–Crippen LogP) is 2.83. The van der Waals surface area contributed by atoms with Crippen LogP contribution in [0.1, 0.15) is 24.2 Å². The molecule has 1 aromatic carbocycles. The third-order valence-electron chi connectivity index (χ3n) is 6.32. The van der Waals surface area contributed by atoms with Gasteiger partial charge >= 0.3 is 0 Å². The molecule has 1 saturated heterocycles. The minimum atomic E-state index is -0.500. The number of amides is 1. The molecule has 1 aliphatic heterocycles. The van der Waals surface area contributed by atoms with Crippen molar-refractivity contribution in [3.05, 3.63) is 48.3 Å². The van der Waals surface area contributed by atoms with Crippen molar-refractivity contribution in [2.45, 2.75) is 25.9 Å². The molecule has 10 heteroatoms. The van der Waals surface area contributed by atoms with Crippen molar-refractivity contribution in [3.63, 3.8) is 0 Å². The van der Waals surface area contributed by atoms with E-state index in [1.165, 1.54) is 16.9 Å². The number of hydrogen-bond donors (Lipinski definition) is 1. The van der Waals surface area contributed by atoms with Gasteiger partial charge in [-0.15, -0.1) is 0 Å². The molecule has 1 amide bonds. The zero-order valence-corrected chi connectivity index (χ0v) is 18.9. The van der Waals surface area contributed by atoms with E-state index in [4.69, 9.17) is 0 Å². The molecule has 4 heterocycles. The van der Waals surface area contributed by atoms with Crippen LogP contribution in [0, 0.1) is 5.82 Å². The van der Waals surface area contributed by atoms with Crippen molar-refractivity contribution in [2.24, 2.45) is 7.05 Å². The summed E-state index contributed by atoms with van der Waals surface area (Å²) in [4.78, 5) is 31.2. The number of benzene rings is 1. The number of anilines is 2. The van der Waals surface area contributed by atoms with Gasteiger partial charge in [0.2, 0.25) is 0 Å². The summed E-state index contributed by atoms with van der Waals surface area (Å²) in [5.41, 5.74) is 1.91. The first-order chi connectivity index (χ1) is 15.8. The number of fused-ring (bicyclic) bond motifs is 2. The van der Waals surface area contributed by atoms with E-state index in [-0.39, 0.29) is 11.1 Å². The number of carbonyl (C=O) groups is 1. The van der Waals surface area contributed by atoms with E-state index < -0.39 is 11.7 Å². The van der Waals surface area contributed by atoms with Crippen LogP contribution in [0.4, 0.5) is 15.9 Å². The summed E-state index contributed by atoms with van der Waals surface area (Å²) in [7, 11) is 3.84. The molecule has 170 valence electrons. The third kappa shape index (κ3) is 3.76. The zero-order valence-electron chi connectivity index (χ0n) is 18.9. The lowest BCUT2D eigenvalue weighted by Crippen LogP contribution is -2.55. The fourth-order valence-electron chi connectivity index (χ4n) is 4.40. The monoisotopic (exact) mass is 448 g/mol. The van der Waals surface area contributed by atoms with Crippen molar-refractivity contribution < 1.29 is 9.18 Å². The molecule has 0 radical (unpaired) electrons. The largest absolute Gasteiger partial charge is 0.352 e. The first kappa shape index (κ1) is 21.2. The molecule has 33 heavy (non-hydrogen) atoms. The van der Waals surface area contributed by atoms with Crippen molar-refractivity contribution >= 4 is 39.3 Å². The summed E-state index contributed by atoms with van der Waals surface area (Å²) in [5.74, 6) is -0.216. The van der Waals surface area contributed by atoms with Crippen LogP contribution in [0.5, 0.6) is 0 Å². The zero-order chi connectivity index (χ0) is 23.3. The highest BCUT2D eigenvalue weighted by atomic mass is 19.1.